The summed E-state index contributed by atoms with van der Waals surface area (Å²) in [4.78, 5) is 43.2. The SMILES string of the molecule is COCC[N+](CCCS(=O)(=O)[O-])=c1ccc2c(C(C)(C)C)cc(/C=C/C=C3/N(CCCS(=O)(=O)[O-])c4ccc(S(=O)(=O)[O-])cc4C3(C)CCCC(=O)ON3C(=O)CCC3=O)oc-2c1.[Na+].[Na+]. The van der Waals surface area contributed by atoms with Crippen LogP contribution in [0.2, 0.25) is 0 Å². The summed E-state index contributed by atoms with van der Waals surface area (Å²) in [6.07, 6.45) is 4.85. The molecule has 1 aliphatic carbocycles. The van der Waals surface area contributed by atoms with Gasteiger partial charge in [-0.3, -0.25) is 9.59 Å². The summed E-state index contributed by atoms with van der Waals surface area (Å²) >= 11 is 0. The van der Waals surface area contributed by atoms with Crippen LogP contribution < -0.4 is 73.9 Å². The number of amides is 2. The van der Waals surface area contributed by atoms with Crippen LogP contribution in [-0.2, 0) is 65.1 Å². The van der Waals surface area contributed by atoms with Gasteiger partial charge in [0.1, 0.15) is 34.8 Å². The van der Waals surface area contributed by atoms with Crippen LogP contribution in [0.1, 0.15) is 89.5 Å². The molecule has 65 heavy (non-hydrogen) atoms. The molecule has 1 atom stereocenters. The molecule has 0 saturated carbocycles. The van der Waals surface area contributed by atoms with E-state index >= 15 is 0 Å². The molecule has 344 valence electrons. The molecule has 1 fully saturated rings. The number of anilines is 1. The van der Waals surface area contributed by atoms with E-state index in [1.807, 2.05) is 49.6 Å². The first-order chi connectivity index (χ1) is 29.3. The number of rotatable bonds is 19. The molecule has 23 heteroatoms. The molecule has 1 aromatic rings. The fourth-order valence-corrected chi connectivity index (χ4v) is 9.28. The minimum Gasteiger partial charge on any atom is -0.748 e. The normalized spacial score (nSPS) is 18.0. The summed E-state index contributed by atoms with van der Waals surface area (Å²) in [6, 6.07) is 11.3. The zero-order valence-corrected chi connectivity index (χ0v) is 44.1. The van der Waals surface area contributed by atoms with Crippen LogP contribution in [0, 0.1) is 0 Å². The van der Waals surface area contributed by atoms with Gasteiger partial charge in [-0.05, 0) is 85.2 Å². The van der Waals surface area contributed by atoms with Gasteiger partial charge < -0.3 is 32.5 Å². The Morgan fingerprint density at radius 1 is 0.892 bits per heavy atom. The van der Waals surface area contributed by atoms with Crippen molar-refractivity contribution in [3.8, 4) is 11.3 Å². The van der Waals surface area contributed by atoms with E-state index in [0.29, 0.717) is 52.0 Å². The summed E-state index contributed by atoms with van der Waals surface area (Å²) < 4.78 is 119. The third kappa shape index (κ3) is 15.1. The second kappa shape index (κ2) is 23.0. The Hall–Kier alpha value is -2.77. The van der Waals surface area contributed by atoms with Gasteiger partial charge in [0.2, 0.25) is 5.36 Å². The number of hydrogen-bond donors (Lipinski definition) is 0. The van der Waals surface area contributed by atoms with Crippen molar-refractivity contribution in [2.75, 3.05) is 49.8 Å². The third-order valence-corrected chi connectivity index (χ3v) is 13.3. The van der Waals surface area contributed by atoms with Crippen molar-refractivity contribution in [1.82, 2.24) is 9.64 Å². The van der Waals surface area contributed by atoms with E-state index in [1.54, 1.807) is 30.1 Å². The molecule has 1 aromatic carbocycles. The van der Waals surface area contributed by atoms with Gasteiger partial charge in [-0.15, -0.1) is 5.06 Å². The van der Waals surface area contributed by atoms with Gasteiger partial charge in [-0.2, -0.15) is 0 Å². The van der Waals surface area contributed by atoms with Crippen molar-refractivity contribution in [3.05, 3.63) is 82.6 Å². The van der Waals surface area contributed by atoms with Crippen molar-refractivity contribution >= 4 is 59.9 Å². The Balaban J connectivity index is 0.00000561. The molecule has 4 aliphatic rings. The molecule has 3 aliphatic heterocycles. The molecule has 0 radical (unpaired) electrons. The van der Waals surface area contributed by atoms with Crippen LogP contribution >= 0.6 is 0 Å². The number of methoxy groups -OCH3 is 1. The minimum atomic E-state index is -4.94. The summed E-state index contributed by atoms with van der Waals surface area (Å²) in [7, 11) is -12.4. The maximum absolute atomic E-state index is 12.8. The van der Waals surface area contributed by atoms with Crippen molar-refractivity contribution in [2.45, 2.75) is 88.4 Å². The predicted molar refractivity (Wildman–Crippen MR) is 227 cm³/mol. The molecule has 18 nitrogen and oxygen atoms in total. The quantitative estimate of drug-likeness (QED) is 0.0514. The first-order valence-corrected chi connectivity index (χ1v) is 24.7. The van der Waals surface area contributed by atoms with Crippen LogP contribution in [0.4, 0.5) is 5.69 Å². The van der Waals surface area contributed by atoms with E-state index in [0.717, 1.165) is 17.2 Å². The fourth-order valence-electron chi connectivity index (χ4n) is 7.81. The van der Waals surface area contributed by atoms with E-state index in [1.165, 1.54) is 19.2 Å². The Bertz CT molecular complexity index is 2680. The topological polar surface area (TPSA) is 264 Å². The summed E-state index contributed by atoms with van der Waals surface area (Å²) in [6.45, 7) is 8.85. The fraction of sp³-hybridized carbons (Fsp3) is 0.476. The van der Waals surface area contributed by atoms with E-state index in [-0.39, 0.29) is 123 Å². The Kier molecular flexibility index (Phi) is 20.0. The van der Waals surface area contributed by atoms with Gasteiger partial charge >= 0.3 is 65.1 Å². The number of carbonyl (C=O) groups excluding carboxylic acids is 3. The van der Waals surface area contributed by atoms with Crippen molar-refractivity contribution in [1.29, 1.82) is 0 Å². The van der Waals surface area contributed by atoms with Gasteiger partial charge in [0.05, 0.1) is 31.2 Å². The molecule has 0 spiro atoms. The molecule has 0 bridgehead atoms. The molecule has 2 amide bonds. The van der Waals surface area contributed by atoms with Crippen molar-refractivity contribution in [2.24, 2.45) is 0 Å². The number of ether oxygens (including phenoxy) is 1. The average molecular weight is 980 g/mol. The predicted octanol–water partition coefficient (Wildman–Crippen LogP) is -2.66. The molecule has 1 saturated heterocycles. The molecule has 3 heterocycles. The molecular formula is C42H51N3Na2O15S3. The van der Waals surface area contributed by atoms with Gasteiger partial charge in [-0.1, -0.05) is 26.8 Å². The number of allylic oxidation sites excluding steroid dienone is 3. The number of imide groups is 1. The zero-order valence-electron chi connectivity index (χ0n) is 37.7. The third-order valence-electron chi connectivity index (χ3n) is 10.9. The van der Waals surface area contributed by atoms with Crippen LogP contribution in [0.3, 0.4) is 0 Å². The van der Waals surface area contributed by atoms with Crippen molar-refractivity contribution in [3.63, 3.8) is 0 Å². The van der Waals surface area contributed by atoms with Crippen molar-refractivity contribution < 1.29 is 126 Å². The number of fused-ring (bicyclic) bond motifs is 2. The van der Waals surface area contributed by atoms with Crippen LogP contribution in [0.5, 0.6) is 0 Å². The van der Waals surface area contributed by atoms with Gasteiger partial charge in [0.15, 0.2) is 6.54 Å². The average Bonchev–Trinajstić information content (AvgIpc) is 3.61. The largest absolute Gasteiger partial charge is 1.00 e. The maximum atomic E-state index is 12.8. The zero-order chi connectivity index (χ0) is 46.5. The first kappa shape index (κ1) is 56.6. The number of hydrogen-bond acceptors (Lipinski definition) is 16. The monoisotopic (exact) mass is 979 g/mol. The number of hydroxylamine groups is 2. The number of benzene rings is 2. The number of carbonyl (C=O) groups is 3. The summed E-state index contributed by atoms with van der Waals surface area (Å²) in [5, 5.41) is 1.14. The summed E-state index contributed by atoms with van der Waals surface area (Å²) in [5.74, 6) is -2.45. The molecule has 0 N–H and O–H groups in total. The van der Waals surface area contributed by atoms with Gasteiger partial charge in [0.25, 0.3) is 11.8 Å². The Morgan fingerprint density at radius 3 is 2.14 bits per heavy atom. The second-order valence-corrected chi connectivity index (χ2v) is 21.1. The summed E-state index contributed by atoms with van der Waals surface area (Å²) in [5.41, 5.74) is 1.55. The van der Waals surface area contributed by atoms with E-state index in [4.69, 9.17) is 14.0 Å². The van der Waals surface area contributed by atoms with E-state index in [2.05, 4.69) is 0 Å². The molecule has 5 rings (SSSR count). The maximum Gasteiger partial charge on any atom is 1.00 e. The Labute approximate surface area is 424 Å². The molecular weight excluding hydrogens is 929 g/mol. The van der Waals surface area contributed by atoms with Gasteiger partial charge in [-0.25, -0.2) is 34.6 Å². The standard InChI is InChI=1S/C42H53N3O15S3.2Na/c1-41(2,3)33-27-30(59-36-26-29(13-15-32(33)36)43(22-23-58-5)20-8-24-61(49,50)51)10-6-11-37-42(4,19-7-12-40(48)60-45-38(46)17-18-39(45)47)34-28-31(63(55,56)57)14-16-35(34)44(37)21-9-25-62(52,53)54;;/h6,10-11,13-16,26-28H,7-9,12,17-25H2,1-5H3,(H2-,49,50,51,52,53,54,55,56,57);;/q;2*+1/p-2. The van der Waals surface area contributed by atoms with E-state index < -0.39 is 70.0 Å². The van der Waals surface area contributed by atoms with Crippen LogP contribution in [0.25, 0.3) is 17.4 Å². The second-order valence-electron chi connectivity index (χ2n) is 16.6. The molecule has 0 aromatic heterocycles. The Morgan fingerprint density at radius 2 is 1.54 bits per heavy atom. The van der Waals surface area contributed by atoms with Gasteiger partial charge in [0, 0.05) is 79.3 Å². The number of nitrogens with zero attached hydrogens (tertiary/aromatic N) is 3. The van der Waals surface area contributed by atoms with Crippen LogP contribution in [0.15, 0.2) is 69.6 Å². The van der Waals surface area contributed by atoms with E-state index in [9.17, 15) is 53.3 Å². The smallest absolute Gasteiger partial charge is 0.748 e. The molecule has 1 unspecified atom stereocenters. The minimum absolute atomic E-state index is 0. The first-order valence-electron chi connectivity index (χ1n) is 20.2. The van der Waals surface area contributed by atoms with Crippen LogP contribution in [-0.4, -0.2) is 107 Å².